The summed E-state index contributed by atoms with van der Waals surface area (Å²) in [5.74, 6) is 2.50. The molecule has 1 aromatic heterocycles. The van der Waals surface area contributed by atoms with Crippen LogP contribution in [0.15, 0.2) is 53.8 Å². The maximum Gasteiger partial charge on any atom is 0.196 e. The molecule has 1 aliphatic heterocycles. The predicted molar refractivity (Wildman–Crippen MR) is 131 cm³/mol. The maximum absolute atomic E-state index is 13.9. The third-order valence-corrected chi connectivity index (χ3v) is 4.84. The lowest BCUT2D eigenvalue weighted by molar-refractivity contribution is 0.297. The van der Waals surface area contributed by atoms with E-state index in [9.17, 15) is 4.39 Å². The molecule has 1 aliphatic rings. The van der Waals surface area contributed by atoms with Crippen molar-refractivity contribution < 1.29 is 13.9 Å². The Labute approximate surface area is 203 Å². The quantitative estimate of drug-likeness (QED) is 0.277. The number of aliphatic imine (C=N–C) groups is 1. The van der Waals surface area contributed by atoms with Gasteiger partial charge in [-0.25, -0.2) is 9.38 Å². The van der Waals surface area contributed by atoms with Gasteiger partial charge in [0.2, 0.25) is 0 Å². The number of hydrogen-bond donors (Lipinski definition) is 2. The van der Waals surface area contributed by atoms with Crippen molar-refractivity contribution in [3.05, 3.63) is 66.0 Å². The first kappa shape index (κ1) is 23.8. The minimum atomic E-state index is -0.210. The molecule has 0 spiro atoms. The molecule has 0 bridgehead atoms. The highest BCUT2D eigenvalue weighted by atomic mass is 127. The Kier molecular flexibility index (Phi) is 8.65. The number of guanidine groups is 1. The summed E-state index contributed by atoms with van der Waals surface area (Å²) in [5, 5.41) is 14.5. The molecule has 2 N–H and O–H groups in total. The number of nitrogens with zero attached hydrogens (tertiary/aromatic N) is 4. The second kappa shape index (κ2) is 11.7. The third-order valence-electron chi connectivity index (χ3n) is 4.84. The molecule has 0 atom stereocenters. The molecule has 2 aromatic carbocycles. The van der Waals surface area contributed by atoms with Crippen LogP contribution >= 0.6 is 24.0 Å². The van der Waals surface area contributed by atoms with Crippen LogP contribution < -0.4 is 20.1 Å². The van der Waals surface area contributed by atoms with Crippen LogP contribution in [0.25, 0.3) is 0 Å². The standard InChI is InChI=1S/C22H25FN6O2.HI/c1-29-15-26-28-21(29)14-25-22(24-10-9-16-5-2-3-6-18(16)23)27-17-7-8-19-20(13-17)31-12-4-11-30-19;/h2-3,5-8,13,15H,4,9-12,14H2,1H3,(H2,24,25,27);1H. The summed E-state index contributed by atoms with van der Waals surface area (Å²) in [6.07, 6.45) is 3.01. The first-order chi connectivity index (χ1) is 15.2. The van der Waals surface area contributed by atoms with Crippen LogP contribution in [0.1, 0.15) is 17.8 Å². The van der Waals surface area contributed by atoms with Crippen molar-refractivity contribution in [1.82, 2.24) is 20.1 Å². The van der Waals surface area contributed by atoms with E-state index in [1.807, 2.05) is 35.9 Å². The molecule has 0 fully saturated rings. The third kappa shape index (κ3) is 6.31. The maximum atomic E-state index is 13.9. The number of aromatic nitrogens is 3. The van der Waals surface area contributed by atoms with E-state index in [4.69, 9.17) is 9.47 Å². The number of rotatable bonds is 6. The number of fused-ring (bicyclic) bond motifs is 1. The molecule has 0 aliphatic carbocycles. The van der Waals surface area contributed by atoms with Crippen LogP contribution in [-0.2, 0) is 20.0 Å². The van der Waals surface area contributed by atoms with Gasteiger partial charge in [-0.1, -0.05) is 18.2 Å². The fourth-order valence-electron chi connectivity index (χ4n) is 3.13. The van der Waals surface area contributed by atoms with Crippen molar-refractivity contribution in [1.29, 1.82) is 0 Å². The summed E-state index contributed by atoms with van der Waals surface area (Å²) >= 11 is 0. The van der Waals surface area contributed by atoms with Crippen LogP contribution in [0, 0.1) is 5.82 Å². The van der Waals surface area contributed by atoms with Crippen molar-refractivity contribution in [2.45, 2.75) is 19.4 Å². The highest BCUT2D eigenvalue weighted by Gasteiger charge is 2.12. The molecule has 0 unspecified atom stereocenters. The zero-order valence-corrected chi connectivity index (χ0v) is 20.1. The molecule has 2 heterocycles. The van der Waals surface area contributed by atoms with E-state index >= 15 is 0 Å². The van der Waals surface area contributed by atoms with E-state index in [-0.39, 0.29) is 29.8 Å². The lowest BCUT2D eigenvalue weighted by atomic mass is 10.1. The van der Waals surface area contributed by atoms with E-state index < -0.39 is 0 Å². The molecule has 4 rings (SSSR count). The summed E-state index contributed by atoms with van der Waals surface area (Å²) in [4.78, 5) is 4.61. The number of hydrogen-bond acceptors (Lipinski definition) is 5. The number of benzene rings is 2. The minimum absolute atomic E-state index is 0. The van der Waals surface area contributed by atoms with E-state index in [2.05, 4.69) is 25.8 Å². The van der Waals surface area contributed by atoms with Crippen LogP contribution in [0.4, 0.5) is 10.1 Å². The minimum Gasteiger partial charge on any atom is -0.490 e. The summed E-state index contributed by atoms with van der Waals surface area (Å²) in [6.45, 7) is 2.11. The van der Waals surface area contributed by atoms with Crippen LogP contribution in [-0.4, -0.2) is 40.5 Å². The molecule has 32 heavy (non-hydrogen) atoms. The van der Waals surface area contributed by atoms with Crippen LogP contribution in [0.2, 0.25) is 0 Å². The molecular weight excluding hydrogens is 526 g/mol. The summed E-state index contributed by atoms with van der Waals surface area (Å²) in [5.41, 5.74) is 1.46. The summed E-state index contributed by atoms with van der Waals surface area (Å²) < 4.78 is 27.2. The Balaban J connectivity index is 0.00000289. The van der Waals surface area contributed by atoms with Gasteiger partial charge in [0.25, 0.3) is 0 Å². The van der Waals surface area contributed by atoms with Gasteiger partial charge in [-0.15, -0.1) is 34.2 Å². The van der Waals surface area contributed by atoms with E-state index in [1.54, 1.807) is 18.5 Å². The molecule has 170 valence electrons. The second-order valence-corrected chi connectivity index (χ2v) is 7.13. The van der Waals surface area contributed by atoms with Crippen molar-refractivity contribution in [2.75, 3.05) is 25.1 Å². The Morgan fingerprint density at radius 2 is 1.97 bits per heavy atom. The SMILES string of the molecule is Cn1cnnc1CN=C(NCCc1ccccc1F)Nc1ccc2c(c1)OCCCO2.I. The molecule has 10 heteroatoms. The van der Waals surface area contributed by atoms with Crippen molar-refractivity contribution in [3.63, 3.8) is 0 Å². The van der Waals surface area contributed by atoms with Gasteiger partial charge in [-0.3, -0.25) is 0 Å². The summed E-state index contributed by atoms with van der Waals surface area (Å²) in [7, 11) is 1.87. The van der Waals surface area contributed by atoms with Gasteiger partial charge in [0.05, 0.1) is 13.2 Å². The number of halogens is 2. The van der Waals surface area contributed by atoms with Gasteiger partial charge >= 0.3 is 0 Å². The summed E-state index contributed by atoms with van der Waals surface area (Å²) in [6, 6.07) is 12.4. The zero-order chi connectivity index (χ0) is 21.5. The fourth-order valence-corrected chi connectivity index (χ4v) is 3.13. The monoisotopic (exact) mass is 552 g/mol. The van der Waals surface area contributed by atoms with Crippen LogP contribution in [0.5, 0.6) is 11.5 Å². The number of aryl methyl sites for hydroxylation is 1. The number of nitrogens with one attached hydrogen (secondary N) is 2. The van der Waals surface area contributed by atoms with Gasteiger partial charge in [-0.2, -0.15) is 0 Å². The fraction of sp³-hybridized carbons (Fsp3) is 0.318. The normalized spacial score (nSPS) is 13.1. The predicted octanol–water partition coefficient (Wildman–Crippen LogP) is 3.53. The lowest BCUT2D eigenvalue weighted by Gasteiger charge is -2.15. The smallest absolute Gasteiger partial charge is 0.196 e. The van der Waals surface area contributed by atoms with Gasteiger partial charge in [0.15, 0.2) is 23.3 Å². The highest BCUT2D eigenvalue weighted by molar-refractivity contribution is 14.0. The molecule has 0 saturated heterocycles. The lowest BCUT2D eigenvalue weighted by Crippen LogP contribution is -2.32. The average Bonchev–Trinajstić information content (AvgIpc) is 3.04. The largest absolute Gasteiger partial charge is 0.490 e. The van der Waals surface area contributed by atoms with Crippen molar-refractivity contribution in [3.8, 4) is 11.5 Å². The Morgan fingerprint density at radius 1 is 1.16 bits per heavy atom. The second-order valence-electron chi connectivity index (χ2n) is 7.13. The van der Waals surface area contributed by atoms with Crippen molar-refractivity contribution in [2.24, 2.45) is 12.0 Å². The average molecular weight is 552 g/mol. The molecule has 0 amide bonds. The van der Waals surface area contributed by atoms with Gasteiger partial charge < -0.3 is 24.7 Å². The Bertz CT molecular complexity index is 1060. The van der Waals surface area contributed by atoms with E-state index in [1.165, 1.54) is 6.07 Å². The zero-order valence-electron chi connectivity index (χ0n) is 17.8. The van der Waals surface area contributed by atoms with Gasteiger partial charge in [0.1, 0.15) is 18.7 Å². The molecular formula is C22H26FIN6O2. The van der Waals surface area contributed by atoms with E-state index in [0.29, 0.717) is 50.0 Å². The number of anilines is 1. The first-order valence-corrected chi connectivity index (χ1v) is 10.2. The van der Waals surface area contributed by atoms with Crippen LogP contribution in [0.3, 0.4) is 0 Å². The Hall–Kier alpha value is -2.89. The molecule has 0 saturated carbocycles. The molecule has 3 aromatic rings. The van der Waals surface area contributed by atoms with E-state index in [0.717, 1.165) is 23.7 Å². The topological polar surface area (TPSA) is 85.6 Å². The molecule has 0 radical (unpaired) electrons. The first-order valence-electron chi connectivity index (χ1n) is 10.2. The van der Waals surface area contributed by atoms with Gasteiger partial charge in [0, 0.05) is 31.8 Å². The Morgan fingerprint density at radius 3 is 2.75 bits per heavy atom. The van der Waals surface area contributed by atoms with Crippen molar-refractivity contribution >= 4 is 35.6 Å². The number of ether oxygens (including phenoxy) is 2. The van der Waals surface area contributed by atoms with Gasteiger partial charge in [-0.05, 0) is 30.2 Å². The highest BCUT2D eigenvalue weighted by Crippen LogP contribution is 2.32. The molecule has 8 nitrogen and oxygen atoms in total.